The number of carboxylic acid groups (broad SMARTS) is 1. The van der Waals surface area contributed by atoms with Gasteiger partial charge >= 0.3 is 5.97 Å². The number of rotatable bonds is 3. The van der Waals surface area contributed by atoms with Crippen LogP contribution in [0.3, 0.4) is 0 Å². The number of aryl methyl sites for hydroxylation is 1. The molecule has 28 heavy (non-hydrogen) atoms. The van der Waals surface area contributed by atoms with Crippen molar-refractivity contribution < 1.29 is 9.90 Å². The van der Waals surface area contributed by atoms with Gasteiger partial charge in [-0.25, -0.2) is 4.79 Å². The number of fused-ring (bicyclic) bond motifs is 3. The van der Waals surface area contributed by atoms with Crippen LogP contribution in [0, 0.1) is 0 Å². The van der Waals surface area contributed by atoms with Crippen molar-refractivity contribution in [3.63, 3.8) is 0 Å². The highest BCUT2D eigenvalue weighted by Crippen LogP contribution is 2.40. The van der Waals surface area contributed by atoms with Gasteiger partial charge in [-0.1, -0.05) is 36.4 Å². The molecular formula is C24H18N2O2. The van der Waals surface area contributed by atoms with Crippen LogP contribution in [0.1, 0.15) is 21.6 Å². The van der Waals surface area contributed by atoms with Crippen molar-refractivity contribution in [2.24, 2.45) is 0 Å². The maximum atomic E-state index is 11.5. The van der Waals surface area contributed by atoms with E-state index in [2.05, 4.69) is 39.9 Å². The Morgan fingerprint density at radius 1 is 0.929 bits per heavy atom. The first-order chi connectivity index (χ1) is 13.7. The third kappa shape index (κ3) is 2.62. The molecule has 0 saturated carbocycles. The molecule has 0 saturated heterocycles. The molecule has 1 N–H and O–H groups in total. The lowest BCUT2D eigenvalue weighted by molar-refractivity contribution is 0.0697. The summed E-state index contributed by atoms with van der Waals surface area (Å²) in [4.78, 5) is 15.8. The van der Waals surface area contributed by atoms with E-state index in [1.165, 1.54) is 22.4 Å². The second-order valence-electron chi connectivity index (χ2n) is 6.98. The van der Waals surface area contributed by atoms with Crippen LogP contribution in [-0.4, -0.2) is 20.6 Å². The van der Waals surface area contributed by atoms with Crippen molar-refractivity contribution >= 4 is 5.97 Å². The Labute approximate surface area is 162 Å². The normalized spacial score (nSPS) is 12.3. The standard InChI is InChI=1S/C24H18N2O2/c27-24(28)18-7-3-6-17(13-18)23-14-21-20-9-2-1-5-16(20)10-11-22(21)26(23)19-8-4-12-25-15-19/h1-9,12-15H,10-11H2,(H,27,28). The number of benzene rings is 2. The van der Waals surface area contributed by atoms with E-state index in [0.29, 0.717) is 0 Å². The van der Waals surface area contributed by atoms with Gasteiger partial charge in [-0.05, 0) is 59.9 Å². The zero-order valence-corrected chi connectivity index (χ0v) is 15.2. The summed E-state index contributed by atoms with van der Waals surface area (Å²) >= 11 is 0. The van der Waals surface area contributed by atoms with Gasteiger partial charge in [-0.2, -0.15) is 0 Å². The molecule has 2 aromatic heterocycles. The van der Waals surface area contributed by atoms with E-state index in [4.69, 9.17) is 0 Å². The zero-order valence-electron chi connectivity index (χ0n) is 15.2. The second-order valence-corrected chi connectivity index (χ2v) is 6.98. The molecule has 0 atom stereocenters. The van der Waals surface area contributed by atoms with Crippen LogP contribution >= 0.6 is 0 Å². The van der Waals surface area contributed by atoms with Crippen molar-refractivity contribution in [1.29, 1.82) is 0 Å². The fraction of sp³-hybridized carbons (Fsp3) is 0.0833. The van der Waals surface area contributed by atoms with E-state index in [1.54, 1.807) is 24.4 Å². The predicted octanol–water partition coefficient (Wildman–Crippen LogP) is 5.00. The van der Waals surface area contributed by atoms with Crippen molar-refractivity contribution in [1.82, 2.24) is 9.55 Å². The summed E-state index contributed by atoms with van der Waals surface area (Å²) in [6.45, 7) is 0. The molecule has 0 radical (unpaired) electrons. The van der Waals surface area contributed by atoms with Gasteiger partial charge in [0.15, 0.2) is 0 Å². The van der Waals surface area contributed by atoms with Crippen molar-refractivity contribution in [2.45, 2.75) is 12.8 Å². The number of hydrogen-bond acceptors (Lipinski definition) is 2. The Kier molecular flexibility index (Phi) is 3.83. The van der Waals surface area contributed by atoms with Crippen LogP contribution in [0.2, 0.25) is 0 Å². The summed E-state index contributed by atoms with van der Waals surface area (Å²) in [7, 11) is 0. The van der Waals surface area contributed by atoms with Gasteiger partial charge in [0.2, 0.25) is 0 Å². The molecule has 0 spiro atoms. The summed E-state index contributed by atoms with van der Waals surface area (Å²) in [6, 6.07) is 21.8. The van der Waals surface area contributed by atoms with Gasteiger partial charge in [0, 0.05) is 17.5 Å². The molecule has 5 rings (SSSR count). The maximum Gasteiger partial charge on any atom is 0.335 e. The highest BCUT2D eigenvalue weighted by molar-refractivity contribution is 5.90. The monoisotopic (exact) mass is 366 g/mol. The Hall–Kier alpha value is -3.66. The van der Waals surface area contributed by atoms with Gasteiger partial charge in [0.05, 0.1) is 23.1 Å². The minimum absolute atomic E-state index is 0.287. The Bertz CT molecular complexity index is 1190. The number of aromatic nitrogens is 2. The molecule has 4 nitrogen and oxygen atoms in total. The van der Waals surface area contributed by atoms with Crippen LogP contribution in [0.15, 0.2) is 79.1 Å². The fourth-order valence-electron chi connectivity index (χ4n) is 4.09. The number of carbonyl (C=O) groups is 1. The topological polar surface area (TPSA) is 55.1 Å². The Morgan fingerprint density at radius 2 is 1.82 bits per heavy atom. The first-order valence-electron chi connectivity index (χ1n) is 9.29. The van der Waals surface area contributed by atoms with Gasteiger partial charge in [-0.3, -0.25) is 4.98 Å². The molecule has 0 bridgehead atoms. The highest BCUT2D eigenvalue weighted by atomic mass is 16.4. The molecule has 2 aromatic carbocycles. The highest BCUT2D eigenvalue weighted by Gasteiger charge is 2.24. The molecule has 0 fully saturated rings. The zero-order chi connectivity index (χ0) is 19.1. The second kappa shape index (κ2) is 6.50. The maximum absolute atomic E-state index is 11.5. The number of aromatic carboxylic acids is 1. The minimum Gasteiger partial charge on any atom is -0.478 e. The van der Waals surface area contributed by atoms with Crippen molar-refractivity contribution in [2.75, 3.05) is 0 Å². The van der Waals surface area contributed by atoms with E-state index in [1.807, 2.05) is 24.4 Å². The third-order valence-electron chi connectivity index (χ3n) is 5.35. The first-order valence-corrected chi connectivity index (χ1v) is 9.29. The Balaban J connectivity index is 1.80. The molecule has 1 aliphatic rings. The molecule has 1 aliphatic carbocycles. The fourth-order valence-corrected chi connectivity index (χ4v) is 4.09. The predicted molar refractivity (Wildman–Crippen MR) is 109 cm³/mol. The van der Waals surface area contributed by atoms with Crippen LogP contribution in [0.4, 0.5) is 0 Å². The number of pyridine rings is 1. The van der Waals surface area contributed by atoms with Gasteiger partial charge < -0.3 is 9.67 Å². The lowest BCUT2D eigenvalue weighted by Crippen LogP contribution is -2.09. The lowest BCUT2D eigenvalue weighted by Gasteiger charge is -2.19. The van der Waals surface area contributed by atoms with Gasteiger partial charge in [-0.15, -0.1) is 0 Å². The van der Waals surface area contributed by atoms with Crippen molar-refractivity contribution in [3.05, 3.63) is 95.9 Å². The first kappa shape index (κ1) is 16.5. The number of nitrogens with zero attached hydrogens (tertiary/aromatic N) is 2. The van der Waals surface area contributed by atoms with Crippen molar-refractivity contribution in [3.8, 4) is 28.1 Å². The van der Waals surface area contributed by atoms with E-state index < -0.39 is 5.97 Å². The average Bonchev–Trinajstić information content (AvgIpc) is 3.14. The van der Waals surface area contributed by atoms with E-state index >= 15 is 0 Å². The number of carboxylic acids is 1. The molecule has 0 aliphatic heterocycles. The molecule has 136 valence electrons. The minimum atomic E-state index is -0.920. The average molecular weight is 366 g/mol. The Morgan fingerprint density at radius 3 is 2.64 bits per heavy atom. The smallest absolute Gasteiger partial charge is 0.335 e. The molecule has 2 heterocycles. The number of hydrogen-bond donors (Lipinski definition) is 1. The van der Waals surface area contributed by atoms with Gasteiger partial charge in [0.25, 0.3) is 0 Å². The molecular weight excluding hydrogens is 348 g/mol. The van der Waals surface area contributed by atoms with E-state index in [-0.39, 0.29) is 5.56 Å². The molecule has 4 aromatic rings. The molecule has 0 unspecified atom stereocenters. The summed E-state index contributed by atoms with van der Waals surface area (Å²) in [5.41, 5.74) is 8.19. The summed E-state index contributed by atoms with van der Waals surface area (Å²) < 4.78 is 2.22. The van der Waals surface area contributed by atoms with Crippen LogP contribution in [0.5, 0.6) is 0 Å². The molecule has 0 amide bonds. The lowest BCUT2D eigenvalue weighted by atomic mass is 9.90. The summed E-state index contributed by atoms with van der Waals surface area (Å²) in [5, 5.41) is 9.42. The van der Waals surface area contributed by atoms with Crippen LogP contribution < -0.4 is 0 Å². The van der Waals surface area contributed by atoms with E-state index in [9.17, 15) is 9.90 Å². The van der Waals surface area contributed by atoms with E-state index in [0.717, 1.165) is 29.8 Å². The molecule has 4 heteroatoms. The largest absolute Gasteiger partial charge is 0.478 e. The summed E-state index contributed by atoms with van der Waals surface area (Å²) in [5.74, 6) is -0.920. The summed E-state index contributed by atoms with van der Waals surface area (Å²) in [6.07, 6.45) is 5.53. The third-order valence-corrected chi connectivity index (χ3v) is 5.35. The SMILES string of the molecule is O=C(O)c1cccc(-c2cc3c(n2-c2cccnc2)CCc2ccccc2-3)c1. The van der Waals surface area contributed by atoms with Gasteiger partial charge in [0.1, 0.15) is 0 Å². The van der Waals surface area contributed by atoms with Crippen LogP contribution in [-0.2, 0) is 12.8 Å². The van der Waals surface area contributed by atoms with Crippen LogP contribution in [0.25, 0.3) is 28.1 Å². The quantitative estimate of drug-likeness (QED) is 0.555.